The number of carboxylic acid groups (broad SMARTS) is 1. The zero-order valence-corrected chi connectivity index (χ0v) is 11.3. The van der Waals surface area contributed by atoms with Gasteiger partial charge in [0, 0.05) is 5.69 Å². The number of carboxylic acids is 1. The summed E-state index contributed by atoms with van der Waals surface area (Å²) >= 11 is 11.7. The third-order valence-corrected chi connectivity index (χ3v) is 3.35. The molecule has 0 fully saturated rings. The minimum atomic E-state index is -0.961. The fourth-order valence-corrected chi connectivity index (χ4v) is 1.98. The number of anilines is 1. The van der Waals surface area contributed by atoms with Crippen molar-refractivity contribution >= 4 is 34.9 Å². The van der Waals surface area contributed by atoms with Crippen LogP contribution in [0.1, 0.15) is 11.6 Å². The second-order valence-corrected chi connectivity index (χ2v) is 4.77. The van der Waals surface area contributed by atoms with Crippen LogP contribution in [0.5, 0.6) is 0 Å². The molecule has 2 aromatic carbocycles. The molecule has 19 heavy (non-hydrogen) atoms. The Hall–Kier alpha value is -1.71. The summed E-state index contributed by atoms with van der Waals surface area (Å²) < 4.78 is 0. The van der Waals surface area contributed by atoms with Crippen LogP contribution in [0.15, 0.2) is 48.5 Å². The van der Waals surface area contributed by atoms with Gasteiger partial charge in [0.1, 0.15) is 0 Å². The number of carbonyl (C=O) groups is 1. The number of hydrogen-bond donors (Lipinski definition) is 2. The van der Waals surface area contributed by atoms with Gasteiger partial charge in [0.05, 0.1) is 10.0 Å². The molecule has 0 heterocycles. The second kappa shape index (κ2) is 5.95. The second-order valence-electron chi connectivity index (χ2n) is 3.96. The molecule has 0 saturated heterocycles. The molecule has 0 radical (unpaired) electrons. The first-order valence-corrected chi connectivity index (χ1v) is 6.33. The molecule has 98 valence electrons. The van der Waals surface area contributed by atoms with Crippen molar-refractivity contribution in [1.29, 1.82) is 0 Å². The summed E-state index contributed by atoms with van der Waals surface area (Å²) in [5, 5.41) is 13.0. The van der Waals surface area contributed by atoms with Crippen LogP contribution in [0.25, 0.3) is 0 Å². The Balaban J connectivity index is 2.27. The van der Waals surface area contributed by atoms with Crippen LogP contribution < -0.4 is 5.32 Å². The maximum Gasteiger partial charge on any atom is 0.330 e. The van der Waals surface area contributed by atoms with Gasteiger partial charge in [-0.15, -0.1) is 0 Å². The number of halogens is 2. The van der Waals surface area contributed by atoms with E-state index in [0.29, 0.717) is 21.3 Å². The van der Waals surface area contributed by atoms with Crippen LogP contribution in [-0.2, 0) is 4.79 Å². The van der Waals surface area contributed by atoms with E-state index in [2.05, 4.69) is 5.32 Å². The molecule has 0 saturated carbocycles. The Labute approximate surface area is 120 Å². The number of nitrogens with one attached hydrogen (secondary N) is 1. The van der Waals surface area contributed by atoms with E-state index in [4.69, 9.17) is 23.2 Å². The smallest absolute Gasteiger partial charge is 0.330 e. The van der Waals surface area contributed by atoms with Gasteiger partial charge in [-0.1, -0.05) is 53.5 Å². The SMILES string of the molecule is O=C(O)C(Nc1ccc(Cl)c(Cl)c1)c1ccccc1. The van der Waals surface area contributed by atoms with Gasteiger partial charge in [-0.3, -0.25) is 0 Å². The Morgan fingerprint density at radius 2 is 1.74 bits per heavy atom. The number of hydrogen-bond acceptors (Lipinski definition) is 2. The van der Waals surface area contributed by atoms with E-state index >= 15 is 0 Å². The maximum atomic E-state index is 11.3. The lowest BCUT2D eigenvalue weighted by atomic mass is 10.1. The van der Waals surface area contributed by atoms with Crippen molar-refractivity contribution in [3.8, 4) is 0 Å². The highest BCUT2D eigenvalue weighted by Gasteiger charge is 2.19. The van der Waals surface area contributed by atoms with E-state index in [1.54, 1.807) is 42.5 Å². The van der Waals surface area contributed by atoms with Crippen molar-refractivity contribution in [1.82, 2.24) is 0 Å². The zero-order chi connectivity index (χ0) is 13.8. The van der Waals surface area contributed by atoms with Crippen molar-refractivity contribution < 1.29 is 9.90 Å². The highest BCUT2D eigenvalue weighted by molar-refractivity contribution is 6.42. The largest absolute Gasteiger partial charge is 0.479 e. The number of benzene rings is 2. The van der Waals surface area contributed by atoms with E-state index in [1.165, 1.54) is 0 Å². The molecule has 2 rings (SSSR count). The number of aliphatic carboxylic acids is 1. The first-order chi connectivity index (χ1) is 9.08. The first-order valence-electron chi connectivity index (χ1n) is 5.57. The van der Waals surface area contributed by atoms with Crippen molar-refractivity contribution in [3.63, 3.8) is 0 Å². The maximum absolute atomic E-state index is 11.3. The van der Waals surface area contributed by atoms with E-state index in [1.807, 2.05) is 6.07 Å². The van der Waals surface area contributed by atoms with Crippen molar-refractivity contribution in [2.24, 2.45) is 0 Å². The van der Waals surface area contributed by atoms with Crippen molar-refractivity contribution in [2.75, 3.05) is 5.32 Å². The van der Waals surface area contributed by atoms with E-state index in [9.17, 15) is 9.90 Å². The van der Waals surface area contributed by atoms with Gasteiger partial charge < -0.3 is 10.4 Å². The summed E-state index contributed by atoms with van der Waals surface area (Å²) in [6, 6.07) is 13.0. The fraction of sp³-hybridized carbons (Fsp3) is 0.0714. The Morgan fingerprint density at radius 3 is 2.32 bits per heavy atom. The lowest BCUT2D eigenvalue weighted by molar-refractivity contribution is -0.138. The highest BCUT2D eigenvalue weighted by atomic mass is 35.5. The van der Waals surface area contributed by atoms with Crippen LogP contribution in [-0.4, -0.2) is 11.1 Å². The highest BCUT2D eigenvalue weighted by Crippen LogP contribution is 2.27. The molecule has 0 bridgehead atoms. The standard InChI is InChI=1S/C14H11Cl2NO2/c15-11-7-6-10(8-12(11)16)17-13(14(18)19)9-4-2-1-3-5-9/h1-8,13,17H,(H,18,19). The minimum Gasteiger partial charge on any atom is -0.479 e. The van der Waals surface area contributed by atoms with Gasteiger partial charge in [0.2, 0.25) is 0 Å². The quantitative estimate of drug-likeness (QED) is 0.887. The van der Waals surface area contributed by atoms with Gasteiger partial charge in [0.25, 0.3) is 0 Å². The van der Waals surface area contributed by atoms with Crippen molar-refractivity contribution in [2.45, 2.75) is 6.04 Å². The van der Waals surface area contributed by atoms with Crippen LogP contribution in [0.3, 0.4) is 0 Å². The lowest BCUT2D eigenvalue weighted by Crippen LogP contribution is -2.20. The van der Waals surface area contributed by atoms with E-state index in [0.717, 1.165) is 0 Å². The summed E-state index contributed by atoms with van der Waals surface area (Å²) in [6.45, 7) is 0. The van der Waals surface area contributed by atoms with E-state index < -0.39 is 12.0 Å². The van der Waals surface area contributed by atoms with Crippen LogP contribution in [0.4, 0.5) is 5.69 Å². The molecule has 2 N–H and O–H groups in total. The Morgan fingerprint density at radius 1 is 1.05 bits per heavy atom. The summed E-state index contributed by atoms with van der Waals surface area (Å²) in [5.41, 5.74) is 1.27. The zero-order valence-electron chi connectivity index (χ0n) is 9.81. The summed E-state index contributed by atoms with van der Waals surface area (Å²) in [4.78, 5) is 11.3. The average Bonchev–Trinajstić information content (AvgIpc) is 2.40. The third kappa shape index (κ3) is 3.40. The number of rotatable bonds is 4. The first kappa shape index (κ1) is 13.7. The summed E-state index contributed by atoms with van der Waals surface area (Å²) in [5.74, 6) is -0.961. The molecule has 0 spiro atoms. The summed E-state index contributed by atoms with van der Waals surface area (Å²) in [7, 11) is 0. The average molecular weight is 296 g/mol. The minimum absolute atomic E-state index is 0.379. The van der Waals surface area contributed by atoms with Gasteiger partial charge in [0.15, 0.2) is 6.04 Å². The lowest BCUT2D eigenvalue weighted by Gasteiger charge is -2.16. The van der Waals surface area contributed by atoms with Gasteiger partial charge in [-0.05, 0) is 23.8 Å². The fourth-order valence-electron chi connectivity index (χ4n) is 1.69. The van der Waals surface area contributed by atoms with Crippen molar-refractivity contribution in [3.05, 3.63) is 64.1 Å². The Kier molecular flexibility index (Phi) is 4.30. The topological polar surface area (TPSA) is 49.3 Å². The molecule has 1 atom stereocenters. The molecular weight excluding hydrogens is 285 g/mol. The third-order valence-electron chi connectivity index (χ3n) is 2.61. The molecule has 3 nitrogen and oxygen atoms in total. The monoisotopic (exact) mass is 295 g/mol. The summed E-state index contributed by atoms with van der Waals surface area (Å²) in [6.07, 6.45) is 0. The molecular formula is C14H11Cl2NO2. The molecule has 0 aliphatic rings. The van der Waals surface area contributed by atoms with Gasteiger partial charge in [-0.25, -0.2) is 4.79 Å². The van der Waals surface area contributed by atoms with Gasteiger partial charge in [-0.2, -0.15) is 0 Å². The normalized spacial score (nSPS) is 11.9. The van der Waals surface area contributed by atoms with Gasteiger partial charge >= 0.3 is 5.97 Å². The predicted molar refractivity (Wildman–Crippen MR) is 76.9 cm³/mol. The molecule has 0 aliphatic carbocycles. The molecule has 0 amide bonds. The van der Waals surface area contributed by atoms with Crippen LogP contribution in [0.2, 0.25) is 10.0 Å². The molecule has 2 aromatic rings. The van der Waals surface area contributed by atoms with E-state index in [-0.39, 0.29) is 0 Å². The molecule has 1 unspecified atom stereocenters. The van der Waals surface area contributed by atoms with Crippen LogP contribution in [0, 0.1) is 0 Å². The molecule has 0 aromatic heterocycles. The predicted octanol–water partition coefficient (Wildman–Crippen LogP) is 4.23. The van der Waals surface area contributed by atoms with Crippen LogP contribution >= 0.6 is 23.2 Å². The Bertz CT molecular complexity index is 587. The molecule has 5 heteroatoms. The molecule has 0 aliphatic heterocycles.